The molecule has 3 heterocycles. The highest BCUT2D eigenvalue weighted by Gasteiger charge is 2.38. The molecule has 2 aromatic rings. The van der Waals surface area contributed by atoms with Gasteiger partial charge in [-0.3, -0.25) is 14.9 Å². The summed E-state index contributed by atoms with van der Waals surface area (Å²) < 4.78 is 31.7. The molecule has 146 valence electrons. The third-order valence-corrected chi connectivity index (χ3v) is 4.10. The van der Waals surface area contributed by atoms with Crippen molar-refractivity contribution in [3.8, 4) is 0 Å². The van der Waals surface area contributed by atoms with Crippen LogP contribution in [0.3, 0.4) is 0 Å². The quantitative estimate of drug-likeness (QED) is 0.423. The van der Waals surface area contributed by atoms with Crippen LogP contribution in [0.15, 0.2) is 17.8 Å². The Morgan fingerprint density at radius 3 is 2.63 bits per heavy atom. The Balaban J connectivity index is 0.000000321. The molecule has 0 radical (unpaired) electrons. The zero-order valence-electron chi connectivity index (χ0n) is 13.5. The maximum Gasteiger partial charge on any atom is 0.490 e. The molecular formula is C14H14F3N5O4S. The summed E-state index contributed by atoms with van der Waals surface area (Å²) in [5, 5.41) is 18.6. The molecule has 0 bridgehead atoms. The van der Waals surface area contributed by atoms with E-state index in [1.807, 2.05) is 11.4 Å². The number of aliphatic carboxylic acids is 1. The van der Waals surface area contributed by atoms with E-state index in [0.29, 0.717) is 13.1 Å². The highest BCUT2D eigenvalue weighted by molar-refractivity contribution is 7.16. The minimum atomic E-state index is -5.08. The first-order valence-electron chi connectivity index (χ1n) is 7.47. The fraction of sp³-hybridized carbons (Fsp3) is 0.357. The predicted octanol–water partition coefficient (Wildman–Crippen LogP) is 0.741. The van der Waals surface area contributed by atoms with Crippen LogP contribution in [-0.4, -0.2) is 58.2 Å². The lowest BCUT2D eigenvalue weighted by atomic mass is 10.2. The molecule has 3 rings (SSSR count). The number of rotatable bonds is 5. The van der Waals surface area contributed by atoms with Gasteiger partial charge in [0, 0.05) is 13.1 Å². The van der Waals surface area contributed by atoms with Crippen LogP contribution in [0.4, 0.5) is 19.0 Å². The standard InChI is InChI=1S/C12H13N5O2S.C2HF3O2/c18-9-5-8(11(19)17-9)13-2-3-14-10-7-1-4-20-12(7)16-6-15-10;3-2(4,5)1(6)7/h1,4,6,8,13H,2-3,5H2,(H,14,15,16)(H,17,18,19);(H,6,7). The molecule has 0 aliphatic carbocycles. The molecule has 1 aliphatic heterocycles. The van der Waals surface area contributed by atoms with Gasteiger partial charge in [-0.05, 0) is 11.4 Å². The number of nitrogens with zero attached hydrogens (tertiary/aromatic N) is 2. The number of carboxylic acids is 1. The van der Waals surface area contributed by atoms with Gasteiger partial charge in [0.2, 0.25) is 11.8 Å². The monoisotopic (exact) mass is 405 g/mol. The van der Waals surface area contributed by atoms with E-state index in [4.69, 9.17) is 9.90 Å². The zero-order valence-corrected chi connectivity index (χ0v) is 14.4. The van der Waals surface area contributed by atoms with Crippen molar-refractivity contribution < 1.29 is 32.7 Å². The van der Waals surface area contributed by atoms with Crippen LogP contribution >= 0.6 is 11.3 Å². The number of imide groups is 1. The molecule has 4 N–H and O–H groups in total. The number of halogens is 3. The lowest BCUT2D eigenvalue weighted by Gasteiger charge is -2.10. The first kappa shape index (κ1) is 20.5. The molecule has 1 fully saturated rings. The smallest absolute Gasteiger partial charge is 0.475 e. The van der Waals surface area contributed by atoms with Crippen LogP contribution in [-0.2, 0) is 14.4 Å². The Morgan fingerprint density at radius 1 is 1.33 bits per heavy atom. The van der Waals surface area contributed by atoms with Gasteiger partial charge in [-0.25, -0.2) is 14.8 Å². The van der Waals surface area contributed by atoms with Crippen LogP contribution in [0.5, 0.6) is 0 Å². The summed E-state index contributed by atoms with van der Waals surface area (Å²) in [6.07, 6.45) is -3.35. The summed E-state index contributed by atoms with van der Waals surface area (Å²) in [7, 11) is 0. The van der Waals surface area contributed by atoms with E-state index in [2.05, 4.69) is 25.9 Å². The number of carbonyl (C=O) groups is 3. The summed E-state index contributed by atoms with van der Waals surface area (Å²) in [5.41, 5.74) is 0. The number of hydrogen-bond donors (Lipinski definition) is 4. The van der Waals surface area contributed by atoms with Crippen LogP contribution in [0, 0.1) is 0 Å². The Morgan fingerprint density at radius 2 is 2.04 bits per heavy atom. The van der Waals surface area contributed by atoms with Crippen LogP contribution in [0.1, 0.15) is 6.42 Å². The number of hydrogen-bond acceptors (Lipinski definition) is 8. The number of thiophene rings is 1. The lowest BCUT2D eigenvalue weighted by Crippen LogP contribution is -2.38. The van der Waals surface area contributed by atoms with Crippen LogP contribution in [0.25, 0.3) is 10.2 Å². The number of alkyl halides is 3. The molecule has 2 amide bonds. The number of fused-ring (bicyclic) bond motifs is 1. The van der Waals surface area contributed by atoms with Gasteiger partial charge in [0.1, 0.15) is 17.0 Å². The van der Waals surface area contributed by atoms with Gasteiger partial charge < -0.3 is 15.7 Å². The van der Waals surface area contributed by atoms with Crippen LogP contribution in [0.2, 0.25) is 0 Å². The number of anilines is 1. The Bertz CT molecular complexity index is 842. The molecule has 1 saturated heterocycles. The molecule has 27 heavy (non-hydrogen) atoms. The minimum absolute atomic E-state index is 0.209. The van der Waals surface area contributed by atoms with Crippen molar-refractivity contribution in [3.05, 3.63) is 17.8 Å². The van der Waals surface area contributed by atoms with E-state index >= 15 is 0 Å². The van der Waals surface area contributed by atoms with Crippen molar-refractivity contribution in [3.63, 3.8) is 0 Å². The third-order valence-electron chi connectivity index (χ3n) is 3.28. The molecule has 1 unspecified atom stereocenters. The normalized spacial score (nSPS) is 16.6. The fourth-order valence-corrected chi connectivity index (χ4v) is 2.81. The second kappa shape index (κ2) is 8.73. The summed E-state index contributed by atoms with van der Waals surface area (Å²) in [6.45, 7) is 1.18. The van der Waals surface area contributed by atoms with E-state index in [-0.39, 0.29) is 18.2 Å². The first-order valence-corrected chi connectivity index (χ1v) is 8.35. The topological polar surface area (TPSA) is 133 Å². The molecule has 1 aliphatic rings. The highest BCUT2D eigenvalue weighted by atomic mass is 32.1. The predicted molar refractivity (Wildman–Crippen MR) is 89.2 cm³/mol. The third kappa shape index (κ3) is 5.86. The molecule has 1 atom stereocenters. The molecule has 13 heteroatoms. The second-order valence-corrected chi connectivity index (χ2v) is 6.11. The molecule has 2 aromatic heterocycles. The largest absolute Gasteiger partial charge is 0.490 e. The molecule has 9 nitrogen and oxygen atoms in total. The average Bonchev–Trinajstić information content (AvgIpc) is 3.17. The summed E-state index contributed by atoms with van der Waals surface area (Å²) in [4.78, 5) is 40.6. The van der Waals surface area contributed by atoms with E-state index in [0.717, 1.165) is 16.0 Å². The van der Waals surface area contributed by atoms with Gasteiger partial charge >= 0.3 is 12.1 Å². The molecule has 0 aromatic carbocycles. The lowest BCUT2D eigenvalue weighted by molar-refractivity contribution is -0.192. The minimum Gasteiger partial charge on any atom is -0.475 e. The number of carbonyl (C=O) groups excluding carboxylic acids is 2. The van der Waals surface area contributed by atoms with Crippen molar-refractivity contribution in [2.45, 2.75) is 18.6 Å². The Hall–Kier alpha value is -2.80. The van der Waals surface area contributed by atoms with E-state index in [9.17, 15) is 22.8 Å². The van der Waals surface area contributed by atoms with Gasteiger partial charge in [0.05, 0.1) is 17.8 Å². The van der Waals surface area contributed by atoms with Crippen molar-refractivity contribution in [1.29, 1.82) is 0 Å². The van der Waals surface area contributed by atoms with Crippen molar-refractivity contribution in [2.75, 3.05) is 18.4 Å². The van der Waals surface area contributed by atoms with Crippen molar-refractivity contribution in [1.82, 2.24) is 20.6 Å². The van der Waals surface area contributed by atoms with Crippen molar-refractivity contribution in [2.24, 2.45) is 0 Å². The maximum atomic E-state index is 11.4. The van der Waals surface area contributed by atoms with Gasteiger partial charge in [-0.2, -0.15) is 13.2 Å². The van der Waals surface area contributed by atoms with Gasteiger partial charge in [-0.15, -0.1) is 11.3 Å². The summed E-state index contributed by atoms with van der Waals surface area (Å²) in [5.74, 6) is -2.45. The van der Waals surface area contributed by atoms with E-state index in [1.54, 1.807) is 11.3 Å². The second-order valence-electron chi connectivity index (χ2n) is 5.21. The van der Waals surface area contributed by atoms with E-state index < -0.39 is 18.2 Å². The van der Waals surface area contributed by atoms with Gasteiger partial charge in [0.25, 0.3) is 0 Å². The van der Waals surface area contributed by atoms with Crippen molar-refractivity contribution >= 4 is 45.2 Å². The molecule has 0 spiro atoms. The molecule has 0 saturated carbocycles. The van der Waals surface area contributed by atoms with E-state index in [1.165, 1.54) is 6.33 Å². The van der Waals surface area contributed by atoms with Crippen LogP contribution < -0.4 is 16.0 Å². The number of aromatic nitrogens is 2. The fourth-order valence-electron chi connectivity index (χ4n) is 2.08. The Labute approximate surface area is 154 Å². The highest BCUT2D eigenvalue weighted by Crippen LogP contribution is 2.23. The molecular weight excluding hydrogens is 391 g/mol. The SMILES string of the molecule is O=C(O)C(F)(F)F.O=C1CC(NCCNc2ncnc3sccc23)C(=O)N1. The number of amides is 2. The Kier molecular flexibility index (Phi) is 6.63. The average molecular weight is 405 g/mol. The van der Waals surface area contributed by atoms with Gasteiger partial charge in [0.15, 0.2) is 0 Å². The number of nitrogens with one attached hydrogen (secondary N) is 3. The summed E-state index contributed by atoms with van der Waals surface area (Å²) in [6, 6.07) is 1.55. The zero-order chi connectivity index (χ0) is 20.0. The van der Waals surface area contributed by atoms with Gasteiger partial charge in [-0.1, -0.05) is 0 Å². The summed E-state index contributed by atoms with van der Waals surface area (Å²) >= 11 is 1.56. The number of carboxylic acid groups (broad SMARTS) is 1. The first-order chi connectivity index (χ1) is 12.7. The maximum absolute atomic E-state index is 11.4.